The lowest BCUT2D eigenvalue weighted by molar-refractivity contribution is 0.416. The largest absolute Gasteiger partial charge is 0.496 e. The number of para-hydroxylation sites is 1. The van der Waals surface area contributed by atoms with Crippen molar-refractivity contribution in [1.82, 2.24) is 5.16 Å². The molecule has 0 aliphatic carbocycles. The van der Waals surface area contributed by atoms with Crippen molar-refractivity contribution >= 4 is 5.82 Å². The van der Waals surface area contributed by atoms with Gasteiger partial charge in [0.15, 0.2) is 11.6 Å². The topological polar surface area (TPSA) is 74.4 Å². The third-order valence-corrected chi connectivity index (χ3v) is 3.20. The standard InChI is InChI=1S/C15H14N2O3/c1-9-10(7-8-19-9)14-13(15(16)17-20-14)11-5-3-4-6-12(11)18-2/h3-8H,1-2H3,(H2,16,17). The summed E-state index contributed by atoms with van der Waals surface area (Å²) in [6.07, 6.45) is 1.61. The second kappa shape index (κ2) is 4.77. The summed E-state index contributed by atoms with van der Waals surface area (Å²) < 4.78 is 16.1. The van der Waals surface area contributed by atoms with Crippen LogP contribution >= 0.6 is 0 Å². The maximum atomic E-state index is 5.96. The molecule has 0 saturated carbocycles. The van der Waals surface area contributed by atoms with E-state index >= 15 is 0 Å². The number of hydrogen-bond donors (Lipinski definition) is 1. The van der Waals surface area contributed by atoms with Crippen LogP contribution in [0.3, 0.4) is 0 Å². The van der Waals surface area contributed by atoms with Gasteiger partial charge in [0.1, 0.15) is 11.5 Å². The van der Waals surface area contributed by atoms with Gasteiger partial charge in [-0.05, 0) is 19.1 Å². The summed E-state index contributed by atoms with van der Waals surface area (Å²) in [6.45, 7) is 1.86. The maximum absolute atomic E-state index is 5.96. The van der Waals surface area contributed by atoms with E-state index in [1.807, 2.05) is 37.3 Å². The van der Waals surface area contributed by atoms with E-state index in [0.29, 0.717) is 22.9 Å². The number of nitrogens with zero attached hydrogens (tertiary/aromatic N) is 1. The van der Waals surface area contributed by atoms with Crippen molar-refractivity contribution in [3.05, 3.63) is 42.4 Å². The third kappa shape index (κ3) is 1.84. The van der Waals surface area contributed by atoms with Gasteiger partial charge >= 0.3 is 0 Å². The Balaban J connectivity index is 2.25. The molecule has 3 aromatic rings. The molecule has 0 saturated heterocycles. The number of nitrogens with two attached hydrogens (primary N) is 1. The Hall–Kier alpha value is -2.69. The Bertz CT molecular complexity index is 743. The van der Waals surface area contributed by atoms with Crippen LogP contribution in [0, 0.1) is 6.92 Å². The van der Waals surface area contributed by atoms with Crippen LogP contribution in [-0.2, 0) is 0 Å². The van der Waals surface area contributed by atoms with Gasteiger partial charge in [-0.1, -0.05) is 23.4 Å². The Morgan fingerprint density at radius 1 is 1.15 bits per heavy atom. The van der Waals surface area contributed by atoms with Crippen molar-refractivity contribution in [2.24, 2.45) is 0 Å². The fourth-order valence-corrected chi connectivity index (χ4v) is 2.22. The first-order valence-electron chi connectivity index (χ1n) is 6.15. The number of hydrogen-bond acceptors (Lipinski definition) is 5. The second-order valence-electron chi connectivity index (χ2n) is 4.36. The van der Waals surface area contributed by atoms with Gasteiger partial charge in [-0.2, -0.15) is 0 Å². The summed E-state index contributed by atoms with van der Waals surface area (Å²) >= 11 is 0. The van der Waals surface area contributed by atoms with Crippen LogP contribution in [0.5, 0.6) is 5.75 Å². The van der Waals surface area contributed by atoms with E-state index in [1.54, 1.807) is 13.4 Å². The lowest BCUT2D eigenvalue weighted by Gasteiger charge is -2.08. The third-order valence-electron chi connectivity index (χ3n) is 3.20. The van der Waals surface area contributed by atoms with Crippen LogP contribution in [0.1, 0.15) is 5.76 Å². The second-order valence-corrected chi connectivity index (χ2v) is 4.36. The average Bonchev–Trinajstić information content (AvgIpc) is 3.04. The molecule has 3 rings (SSSR count). The zero-order valence-corrected chi connectivity index (χ0v) is 11.2. The highest BCUT2D eigenvalue weighted by molar-refractivity contribution is 5.89. The van der Waals surface area contributed by atoms with E-state index < -0.39 is 0 Å². The van der Waals surface area contributed by atoms with Crippen LogP contribution in [0.4, 0.5) is 5.82 Å². The number of rotatable bonds is 3. The van der Waals surface area contributed by atoms with Gasteiger partial charge in [0.05, 0.1) is 24.5 Å². The first kappa shape index (κ1) is 12.3. The normalized spacial score (nSPS) is 10.7. The lowest BCUT2D eigenvalue weighted by Crippen LogP contribution is -1.92. The summed E-state index contributed by atoms with van der Waals surface area (Å²) in [5, 5.41) is 3.87. The maximum Gasteiger partial charge on any atom is 0.180 e. The molecule has 102 valence electrons. The van der Waals surface area contributed by atoms with Crippen LogP contribution in [0.2, 0.25) is 0 Å². The van der Waals surface area contributed by atoms with Gasteiger partial charge in [-0.3, -0.25) is 0 Å². The molecule has 0 bridgehead atoms. The van der Waals surface area contributed by atoms with E-state index in [0.717, 1.165) is 16.9 Å². The van der Waals surface area contributed by atoms with Gasteiger partial charge in [-0.25, -0.2) is 0 Å². The Kier molecular flexibility index (Phi) is 2.95. The first-order chi connectivity index (χ1) is 9.72. The lowest BCUT2D eigenvalue weighted by atomic mass is 10.0. The van der Waals surface area contributed by atoms with Crippen molar-refractivity contribution in [3.8, 4) is 28.2 Å². The molecule has 0 aliphatic heterocycles. The molecule has 0 unspecified atom stereocenters. The molecular formula is C15H14N2O3. The molecule has 2 heterocycles. The molecule has 2 N–H and O–H groups in total. The molecule has 1 aromatic carbocycles. The highest BCUT2D eigenvalue weighted by Gasteiger charge is 2.22. The minimum Gasteiger partial charge on any atom is -0.496 e. The Morgan fingerprint density at radius 2 is 1.95 bits per heavy atom. The smallest absolute Gasteiger partial charge is 0.180 e. The number of anilines is 1. The molecule has 0 atom stereocenters. The molecule has 0 radical (unpaired) electrons. The van der Waals surface area contributed by atoms with E-state index in [4.69, 9.17) is 19.4 Å². The molecule has 0 fully saturated rings. The summed E-state index contributed by atoms with van der Waals surface area (Å²) in [4.78, 5) is 0. The van der Waals surface area contributed by atoms with Gasteiger partial charge in [0.2, 0.25) is 0 Å². The molecule has 0 aliphatic rings. The minimum atomic E-state index is 0.324. The minimum absolute atomic E-state index is 0.324. The monoisotopic (exact) mass is 270 g/mol. The quantitative estimate of drug-likeness (QED) is 0.788. The van der Waals surface area contributed by atoms with Gasteiger partial charge < -0.3 is 19.4 Å². The van der Waals surface area contributed by atoms with E-state index in [1.165, 1.54) is 0 Å². The molecule has 20 heavy (non-hydrogen) atoms. The van der Waals surface area contributed by atoms with E-state index in [2.05, 4.69) is 5.16 Å². The van der Waals surface area contributed by atoms with E-state index in [9.17, 15) is 0 Å². The number of benzene rings is 1. The summed E-state index contributed by atoms with van der Waals surface area (Å²) in [5.41, 5.74) is 8.34. The van der Waals surface area contributed by atoms with Gasteiger partial charge in [0, 0.05) is 5.56 Å². The SMILES string of the molecule is COc1ccccc1-c1c(N)noc1-c1ccoc1C. The number of ether oxygens (including phenoxy) is 1. The van der Waals surface area contributed by atoms with Crippen LogP contribution in [0.25, 0.3) is 22.5 Å². The van der Waals surface area contributed by atoms with Crippen molar-refractivity contribution in [2.45, 2.75) is 6.92 Å². The molecule has 0 spiro atoms. The molecular weight excluding hydrogens is 256 g/mol. The highest BCUT2D eigenvalue weighted by Crippen LogP contribution is 2.41. The fraction of sp³-hybridized carbons (Fsp3) is 0.133. The van der Waals surface area contributed by atoms with Crippen molar-refractivity contribution in [3.63, 3.8) is 0 Å². The molecule has 0 amide bonds. The zero-order valence-electron chi connectivity index (χ0n) is 11.2. The predicted octanol–water partition coefficient (Wildman–Crippen LogP) is 3.50. The van der Waals surface area contributed by atoms with Crippen molar-refractivity contribution in [1.29, 1.82) is 0 Å². The predicted molar refractivity (Wildman–Crippen MR) is 75.3 cm³/mol. The Labute approximate surface area is 115 Å². The van der Waals surface area contributed by atoms with Crippen LogP contribution in [-0.4, -0.2) is 12.3 Å². The van der Waals surface area contributed by atoms with Crippen molar-refractivity contribution in [2.75, 3.05) is 12.8 Å². The number of methoxy groups -OCH3 is 1. The van der Waals surface area contributed by atoms with Gasteiger partial charge in [0.25, 0.3) is 0 Å². The van der Waals surface area contributed by atoms with Crippen LogP contribution in [0.15, 0.2) is 45.5 Å². The zero-order chi connectivity index (χ0) is 14.1. The Morgan fingerprint density at radius 3 is 2.65 bits per heavy atom. The number of aromatic nitrogens is 1. The first-order valence-corrected chi connectivity index (χ1v) is 6.15. The molecule has 2 aromatic heterocycles. The molecule has 5 nitrogen and oxygen atoms in total. The number of furan rings is 1. The van der Waals surface area contributed by atoms with E-state index in [-0.39, 0.29) is 0 Å². The van der Waals surface area contributed by atoms with Crippen LogP contribution < -0.4 is 10.5 Å². The van der Waals surface area contributed by atoms with Gasteiger partial charge in [-0.15, -0.1) is 0 Å². The number of nitrogen functional groups attached to an aromatic ring is 1. The summed E-state index contributed by atoms with van der Waals surface area (Å²) in [7, 11) is 1.62. The van der Waals surface area contributed by atoms with Crippen molar-refractivity contribution < 1.29 is 13.7 Å². The fourth-order valence-electron chi connectivity index (χ4n) is 2.22. The molecule has 5 heteroatoms. The summed E-state index contributed by atoms with van der Waals surface area (Å²) in [6, 6.07) is 9.42. The average molecular weight is 270 g/mol. The summed E-state index contributed by atoms with van der Waals surface area (Å²) in [5.74, 6) is 2.37. The number of aryl methyl sites for hydroxylation is 1. The highest BCUT2D eigenvalue weighted by atomic mass is 16.5.